The first-order valence-electron chi connectivity index (χ1n) is 9.87. The Morgan fingerprint density at radius 3 is 2.26 bits per heavy atom. The first-order valence-corrected chi connectivity index (χ1v) is 9.87. The predicted octanol–water partition coefficient (Wildman–Crippen LogP) is 4.05. The second-order valence-corrected chi connectivity index (χ2v) is 7.56. The lowest BCUT2D eigenvalue weighted by Gasteiger charge is -2.31. The molecule has 0 radical (unpaired) electrons. The Bertz CT molecular complexity index is 1030. The summed E-state index contributed by atoms with van der Waals surface area (Å²) in [6.07, 6.45) is -2.62. The van der Waals surface area contributed by atoms with Crippen LogP contribution in [0.1, 0.15) is 41.6 Å². The van der Waals surface area contributed by atoms with E-state index >= 15 is 0 Å². The molecule has 2 aromatic rings. The maximum absolute atomic E-state index is 14.3. The number of alkyl halides is 3. The van der Waals surface area contributed by atoms with Crippen LogP contribution in [0.4, 0.5) is 17.6 Å². The van der Waals surface area contributed by atoms with Crippen LogP contribution < -0.4 is 5.32 Å². The molecule has 0 aromatic heterocycles. The summed E-state index contributed by atoms with van der Waals surface area (Å²) in [5.74, 6) is -3.89. The molecule has 0 unspecified atom stereocenters. The van der Waals surface area contributed by atoms with Crippen molar-refractivity contribution < 1.29 is 27.2 Å². The van der Waals surface area contributed by atoms with Crippen molar-refractivity contribution in [2.24, 2.45) is 4.99 Å². The summed E-state index contributed by atoms with van der Waals surface area (Å²) in [6.45, 7) is 0. The van der Waals surface area contributed by atoms with Crippen LogP contribution in [0.15, 0.2) is 59.6 Å². The Morgan fingerprint density at radius 2 is 1.65 bits per heavy atom. The van der Waals surface area contributed by atoms with E-state index in [1.165, 1.54) is 12.1 Å². The lowest BCUT2D eigenvalue weighted by molar-refractivity contribution is -0.196. The van der Waals surface area contributed by atoms with Crippen molar-refractivity contribution in [3.63, 3.8) is 0 Å². The molecule has 4 rings (SSSR count). The van der Waals surface area contributed by atoms with Crippen LogP contribution in [0.2, 0.25) is 0 Å². The highest BCUT2D eigenvalue weighted by Gasteiger charge is 2.68. The van der Waals surface area contributed by atoms with Crippen LogP contribution in [0.5, 0.6) is 0 Å². The van der Waals surface area contributed by atoms with Crippen LogP contribution >= 0.6 is 0 Å². The number of aliphatic imine (C=N–C) groups is 1. The van der Waals surface area contributed by atoms with Crippen molar-refractivity contribution in [3.05, 3.63) is 71.5 Å². The highest BCUT2D eigenvalue weighted by Crippen LogP contribution is 2.41. The van der Waals surface area contributed by atoms with Gasteiger partial charge < -0.3 is 5.32 Å². The number of carbonyl (C=O) groups is 2. The Hall–Kier alpha value is -3.23. The zero-order valence-electron chi connectivity index (χ0n) is 16.3. The minimum Gasteiger partial charge on any atom is -0.312 e. The number of amides is 2. The quantitative estimate of drug-likeness (QED) is 0.740. The van der Waals surface area contributed by atoms with Crippen molar-refractivity contribution in [2.75, 3.05) is 0 Å². The molecule has 1 N–H and O–H groups in total. The van der Waals surface area contributed by atoms with Crippen molar-refractivity contribution in [2.45, 2.75) is 43.6 Å². The molecule has 2 aromatic carbocycles. The third-order valence-electron chi connectivity index (χ3n) is 5.58. The molecule has 9 heteroatoms. The Balaban J connectivity index is 1.82. The van der Waals surface area contributed by atoms with E-state index < -0.39 is 41.1 Å². The molecule has 2 aliphatic rings. The molecule has 1 aliphatic carbocycles. The van der Waals surface area contributed by atoms with Crippen LogP contribution in [-0.4, -0.2) is 40.4 Å². The van der Waals surface area contributed by atoms with Crippen LogP contribution in [0, 0.1) is 5.82 Å². The Labute approximate surface area is 175 Å². The number of hydrogen-bond acceptors (Lipinski definition) is 3. The second-order valence-electron chi connectivity index (χ2n) is 7.56. The van der Waals surface area contributed by atoms with Crippen LogP contribution in [0.25, 0.3) is 0 Å². The minimum absolute atomic E-state index is 0.149. The molecule has 2 amide bonds. The fourth-order valence-corrected chi connectivity index (χ4v) is 4.04. The van der Waals surface area contributed by atoms with E-state index in [9.17, 15) is 27.2 Å². The average Bonchev–Trinajstić information content (AvgIpc) is 3.35. The van der Waals surface area contributed by atoms with Gasteiger partial charge in [-0.15, -0.1) is 0 Å². The molecule has 0 spiro atoms. The lowest BCUT2D eigenvalue weighted by Crippen LogP contribution is -2.64. The zero-order valence-corrected chi connectivity index (χ0v) is 16.3. The van der Waals surface area contributed by atoms with E-state index in [0.717, 1.165) is 29.9 Å². The maximum atomic E-state index is 14.3. The van der Waals surface area contributed by atoms with Crippen LogP contribution in [-0.2, 0) is 4.79 Å². The average molecular weight is 433 g/mol. The SMILES string of the molecule is O=C(N[C@]1(C(F)(F)F)N=C(c2ccccc2)N(C2CCCC2)C1=O)c1ccccc1F. The summed E-state index contributed by atoms with van der Waals surface area (Å²) in [7, 11) is 0. The van der Waals surface area contributed by atoms with Gasteiger partial charge in [0, 0.05) is 11.6 Å². The molecule has 31 heavy (non-hydrogen) atoms. The van der Waals surface area contributed by atoms with Crippen molar-refractivity contribution >= 4 is 17.6 Å². The first-order chi connectivity index (χ1) is 14.7. The number of amidine groups is 1. The van der Waals surface area contributed by atoms with E-state index in [1.54, 1.807) is 35.6 Å². The van der Waals surface area contributed by atoms with Gasteiger partial charge >= 0.3 is 11.8 Å². The molecular formula is C22H19F4N3O2. The van der Waals surface area contributed by atoms with E-state index in [4.69, 9.17) is 0 Å². The second kappa shape index (κ2) is 7.79. The van der Waals surface area contributed by atoms with Gasteiger partial charge in [0.1, 0.15) is 11.7 Å². The zero-order chi connectivity index (χ0) is 22.2. The number of rotatable bonds is 4. The van der Waals surface area contributed by atoms with Crippen molar-refractivity contribution in [1.82, 2.24) is 10.2 Å². The molecular weight excluding hydrogens is 414 g/mol. The molecule has 1 fully saturated rings. The predicted molar refractivity (Wildman–Crippen MR) is 105 cm³/mol. The normalized spacial score (nSPS) is 22.0. The fourth-order valence-electron chi connectivity index (χ4n) is 4.04. The summed E-state index contributed by atoms with van der Waals surface area (Å²) in [5.41, 5.74) is -3.80. The van der Waals surface area contributed by atoms with Gasteiger partial charge in [-0.2, -0.15) is 13.2 Å². The number of carbonyl (C=O) groups excluding carboxylic acids is 2. The van der Waals surface area contributed by atoms with E-state index in [1.807, 2.05) is 0 Å². The summed E-state index contributed by atoms with van der Waals surface area (Å²) in [6, 6.07) is 12.2. The van der Waals surface area contributed by atoms with Crippen molar-refractivity contribution in [1.29, 1.82) is 0 Å². The summed E-state index contributed by atoms with van der Waals surface area (Å²) in [4.78, 5) is 30.7. The highest BCUT2D eigenvalue weighted by molar-refractivity contribution is 6.17. The minimum atomic E-state index is -5.24. The summed E-state index contributed by atoms with van der Waals surface area (Å²) < 4.78 is 57.0. The number of benzene rings is 2. The first kappa shape index (κ1) is 21.0. The van der Waals surface area contributed by atoms with E-state index in [2.05, 4.69) is 4.99 Å². The van der Waals surface area contributed by atoms with Gasteiger partial charge in [-0.3, -0.25) is 14.5 Å². The largest absolute Gasteiger partial charge is 0.442 e. The molecule has 0 saturated heterocycles. The number of hydrogen-bond donors (Lipinski definition) is 1. The fraction of sp³-hybridized carbons (Fsp3) is 0.318. The Kier molecular flexibility index (Phi) is 5.28. The number of halogens is 4. The molecule has 1 saturated carbocycles. The van der Waals surface area contributed by atoms with Crippen molar-refractivity contribution in [3.8, 4) is 0 Å². The molecule has 1 aliphatic heterocycles. The van der Waals surface area contributed by atoms with Gasteiger partial charge in [-0.05, 0) is 25.0 Å². The summed E-state index contributed by atoms with van der Waals surface area (Å²) >= 11 is 0. The molecule has 1 atom stereocenters. The van der Waals surface area contributed by atoms with Gasteiger partial charge in [0.25, 0.3) is 11.8 Å². The van der Waals surface area contributed by atoms with Gasteiger partial charge in [0.15, 0.2) is 0 Å². The molecule has 1 heterocycles. The number of nitrogens with one attached hydrogen (secondary N) is 1. The highest BCUT2D eigenvalue weighted by atomic mass is 19.4. The summed E-state index contributed by atoms with van der Waals surface area (Å²) in [5, 5.41) is 1.71. The third-order valence-corrected chi connectivity index (χ3v) is 5.58. The van der Waals surface area contributed by atoms with Gasteiger partial charge in [0.2, 0.25) is 0 Å². The smallest absolute Gasteiger partial charge is 0.312 e. The van der Waals surface area contributed by atoms with Gasteiger partial charge in [-0.1, -0.05) is 55.3 Å². The van der Waals surface area contributed by atoms with Crippen LogP contribution in [0.3, 0.4) is 0 Å². The van der Waals surface area contributed by atoms with E-state index in [0.29, 0.717) is 18.4 Å². The standard InChI is InChI=1S/C22H19F4N3O2/c23-17-13-7-6-12-16(17)19(30)28-21(22(24,25)26)20(31)29(15-10-4-5-11-15)18(27-21)14-8-2-1-3-9-14/h1-3,6-9,12-13,15H,4-5,10-11H2,(H,28,30)/t21-/m1/s1. The monoisotopic (exact) mass is 433 g/mol. The molecule has 0 bridgehead atoms. The number of nitrogens with zero attached hydrogens (tertiary/aromatic N) is 2. The molecule has 5 nitrogen and oxygen atoms in total. The maximum Gasteiger partial charge on any atom is 0.442 e. The topological polar surface area (TPSA) is 61.8 Å². The van der Waals surface area contributed by atoms with E-state index in [-0.39, 0.29) is 5.84 Å². The molecule has 162 valence electrons. The third kappa shape index (κ3) is 3.58. The van der Waals surface area contributed by atoms with Gasteiger partial charge in [-0.25, -0.2) is 9.38 Å². The Morgan fingerprint density at radius 1 is 1.03 bits per heavy atom. The lowest BCUT2D eigenvalue weighted by atomic mass is 10.1. The van der Waals surface area contributed by atoms with Gasteiger partial charge in [0.05, 0.1) is 5.56 Å².